The van der Waals surface area contributed by atoms with Crippen molar-refractivity contribution in [2.24, 2.45) is 0 Å². The average Bonchev–Trinajstić information content (AvgIpc) is 3.04. The summed E-state index contributed by atoms with van der Waals surface area (Å²) in [7, 11) is 0. The fourth-order valence-corrected chi connectivity index (χ4v) is 2.83. The second-order valence-corrected chi connectivity index (χ2v) is 6.05. The van der Waals surface area contributed by atoms with Crippen LogP contribution in [0.25, 0.3) is 0 Å². The molecule has 1 aromatic heterocycles. The molecule has 5 nitrogen and oxygen atoms in total. The normalized spacial score (nSPS) is 19.9. The zero-order chi connectivity index (χ0) is 16.8. The largest absolute Gasteiger partial charge is 0.383 e. The molecule has 1 aliphatic heterocycles. The van der Waals surface area contributed by atoms with Gasteiger partial charge in [-0.25, -0.2) is 0 Å². The monoisotopic (exact) mass is 325 g/mol. The maximum absolute atomic E-state index is 12.3. The number of rotatable bonds is 6. The van der Waals surface area contributed by atoms with Crippen molar-refractivity contribution in [3.05, 3.63) is 54.4 Å². The molecule has 1 saturated heterocycles. The zero-order valence-electron chi connectivity index (χ0n) is 13.9. The molecule has 2 aromatic rings. The lowest BCUT2D eigenvalue weighted by atomic mass is 10.2. The van der Waals surface area contributed by atoms with Gasteiger partial charge in [0.15, 0.2) is 0 Å². The lowest BCUT2D eigenvalue weighted by molar-refractivity contribution is -0.126. The fraction of sp³-hybridized carbons (Fsp3) is 0.368. The number of para-hydroxylation sites is 2. The van der Waals surface area contributed by atoms with Crippen LogP contribution in [0.15, 0.2) is 48.7 Å². The van der Waals surface area contributed by atoms with Crippen molar-refractivity contribution in [1.82, 2.24) is 4.98 Å². The van der Waals surface area contributed by atoms with E-state index in [0.29, 0.717) is 0 Å². The third-order valence-electron chi connectivity index (χ3n) is 4.13. The van der Waals surface area contributed by atoms with Gasteiger partial charge < -0.3 is 15.4 Å². The summed E-state index contributed by atoms with van der Waals surface area (Å²) in [4.78, 5) is 16.6. The van der Waals surface area contributed by atoms with Gasteiger partial charge in [0.05, 0.1) is 17.5 Å². The van der Waals surface area contributed by atoms with E-state index in [4.69, 9.17) is 4.74 Å². The molecule has 0 aliphatic carbocycles. The maximum Gasteiger partial charge on any atom is 0.253 e. The maximum atomic E-state index is 12.3. The van der Waals surface area contributed by atoms with E-state index in [1.54, 1.807) is 6.20 Å². The Morgan fingerprint density at radius 2 is 1.96 bits per heavy atom. The van der Waals surface area contributed by atoms with Crippen LogP contribution in [-0.4, -0.2) is 29.6 Å². The highest BCUT2D eigenvalue weighted by Gasteiger charge is 2.28. The summed E-state index contributed by atoms with van der Waals surface area (Å²) in [5.74, 6) is -0.0710. The highest BCUT2D eigenvalue weighted by molar-refractivity contribution is 5.97. The number of nitrogens with zero attached hydrogens (tertiary/aromatic N) is 1. The number of hydrogen-bond acceptors (Lipinski definition) is 4. The van der Waals surface area contributed by atoms with E-state index < -0.39 is 0 Å². The van der Waals surface area contributed by atoms with Crippen LogP contribution in [0.5, 0.6) is 0 Å². The van der Waals surface area contributed by atoms with Crippen molar-refractivity contribution in [3.8, 4) is 0 Å². The van der Waals surface area contributed by atoms with Gasteiger partial charge in [0.2, 0.25) is 0 Å². The zero-order valence-corrected chi connectivity index (χ0v) is 13.9. The number of pyridine rings is 1. The average molecular weight is 325 g/mol. The summed E-state index contributed by atoms with van der Waals surface area (Å²) < 4.78 is 5.63. The van der Waals surface area contributed by atoms with E-state index in [-0.39, 0.29) is 18.1 Å². The molecule has 3 rings (SSSR count). The number of ether oxygens (including phenoxy) is 1. The van der Waals surface area contributed by atoms with Gasteiger partial charge in [-0.05, 0) is 44.0 Å². The first-order valence-corrected chi connectivity index (χ1v) is 8.41. The highest BCUT2D eigenvalue weighted by atomic mass is 16.5. The molecular weight excluding hydrogens is 302 g/mol. The van der Waals surface area contributed by atoms with Gasteiger partial charge in [0, 0.05) is 24.9 Å². The first-order valence-electron chi connectivity index (χ1n) is 8.41. The molecule has 126 valence electrons. The van der Waals surface area contributed by atoms with Gasteiger partial charge in [0.1, 0.15) is 6.10 Å². The minimum Gasteiger partial charge on any atom is -0.383 e. The summed E-state index contributed by atoms with van der Waals surface area (Å²) in [5, 5.41) is 6.35. The summed E-state index contributed by atoms with van der Waals surface area (Å²) in [6.45, 7) is 2.75. The number of nitrogens with one attached hydrogen (secondary N) is 2. The Morgan fingerprint density at radius 3 is 2.67 bits per heavy atom. The number of carbonyl (C=O) groups is 1. The molecule has 2 atom stereocenters. The smallest absolute Gasteiger partial charge is 0.253 e. The molecule has 1 fully saturated rings. The first kappa shape index (κ1) is 16.5. The lowest BCUT2D eigenvalue weighted by Crippen LogP contribution is -2.28. The minimum absolute atomic E-state index is 0.0710. The molecule has 0 radical (unpaired) electrons. The number of benzene rings is 1. The number of carbonyl (C=O) groups excluding carboxylic acids is 1. The van der Waals surface area contributed by atoms with Crippen molar-refractivity contribution < 1.29 is 9.53 Å². The lowest BCUT2D eigenvalue weighted by Gasteiger charge is -2.15. The Labute approximate surface area is 142 Å². The van der Waals surface area contributed by atoms with E-state index in [0.717, 1.165) is 42.9 Å². The van der Waals surface area contributed by atoms with Crippen molar-refractivity contribution in [2.75, 3.05) is 17.2 Å². The second kappa shape index (κ2) is 7.93. The molecule has 2 heterocycles. The van der Waals surface area contributed by atoms with Crippen LogP contribution < -0.4 is 10.6 Å². The summed E-state index contributed by atoms with van der Waals surface area (Å²) >= 11 is 0. The van der Waals surface area contributed by atoms with Crippen LogP contribution in [0.4, 0.5) is 11.4 Å². The number of anilines is 2. The van der Waals surface area contributed by atoms with E-state index >= 15 is 0 Å². The van der Waals surface area contributed by atoms with Crippen molar-refractivity contribution in [1.29, 1.82) is 0 Å². The molecule has 0 spiro atoms. The predicted octanol–water partition coefficient (Wildman–Crippen LogP) is 3.24. The quantitative estimate of drug-likeness (QED) is 0.856. The van der Waals surface area contributed by atoms with E-state index in [1.165, 1.54) is 0 Å². The van der Waals surface area contributed by atoms with Gasteiger partial charge in [-0.2, -0.15) is 0 Å². The molecule has 0 saturated carbocycles. The van der Waals surface area contributed by atoms with Crippen LogP contribution in [0.1, 0.15) is 25.5 Å². The van der Waals surface area contributed by atoms with Crippen LogP contribution in [0, 0.1) is 0 Å². The molecule has 1 amide bonds. The van der Waals surface area contributed by atoms with Crippen molar-refractivity contribution in [2.45, 2.75) is 38.4 Å². The Morgan fingerprint density at radius 1 is 1.17 bits per heavy atom. The molecule has 1 aliphatic rings. The summed E-state index contributed by atoms with van der Waals surface area (Å²) in [6, 6.07) is 13.6. The Balaban J connectivity index is 1.57. The van der Waals surface area contributed by atoms with Gasteiger partial charge in [-0.1, -0.05) is 18.2 Å². The molecule has 2 N–H and O–H groups in total. The molecule has 24 heavy (non-hydrogen) atoms. The van der Waals surface area contributed by atoms with E-state index in [1.807, 2.05) is 49.4 Å². The molecule has 5 heteroatoms. The van der Waals surface area contributed by atoms with E-state index in [2.05, 4.69) is 15.6 Å². The standard InChI is InChI=1S/C19H23N3O2/c1-14-9-10-18(24-14)19(23)22-17-8-3-2-7-16(17)21-13-11-15-6-4-5-12-20-15/h2-8,12,14,18,21H,9-11,13H2,1H3,(H,22,23). The number of hydrogen-bond donors (Lipinski definition) is 2. The van der Waals surface area contributed by atoms with E-state index in [9.17, 15) is 4.79 Å². The Bertz CT molecular complexity index is 675. The van der Waals surface area contributed by atoms with Crippen molar-refractivity contribution in [3.63, 3.8) is 0 Å². The van der Waals surface area contributed by atoms with Crippen LogP contribution >= 0.6 is 0 Å². The highest BCUT2D eigenvalue weighted by Crippen LogP contribution is 2.24. The van der Waals surface area contributed by atoms with Gasteiger partial charge in [-0.15, -0.1) is 0 Å². The third-order valence-corrected chi connectivity index (χ3v) is 4.13. The van der Waals surface area contributed by atoms with Gasteiger partial charge in [-0.3, -0.25) is 9.78 Å². The molecular formula is C19H23N3O2. The van der Waals surface area contributed by atoms with Crippen molar-refractivity contribution >= 4 is 17.3 Å². The summed E-state index contributed by atoms with van der Waals surface area (Å²) in [6.07, 6.45) is 4.15. The van der Waals surface area contributed by atoms with Crippen LogP contribution in [-0.2, 0) is 16.0 Å². The SMILES string of the molecule is CC1CCC(C(=O)Nc2ccccc2NCCc2ccccn2)O1. The molecule has 1 aromatic carbocycles. The van der Waals surface area contributed by atoms with Crippen LogP contribution in [0.3, 0.4) is 0 Å². The molecule has 2 unspecified atom stereocenters. The molecule has 0 bridgehead atoms. The minimum atomic E-state index is -0.346. The summed E-state index contributed by atoms with van der Waals surface area (Å²) in [5.41, 5.74) is 2.74. The predicted molar refractivity (Wildman–Crippen MR) is 95.1 cm³/mol. The Kier molecular flexibility index (Phi) is 5.43. The van der Waals surface area contributed by atoms with Gasteiger partial charge in [0.25, 0.3) is 5.91 Å². The van der Waals surface area contributed by atoms with Crippen LogP contribution in [0.2, 0.25) is 0 Å². The second-order valence-electron chi connectivity index (χ2n) is 6.05. The number of aromatic nitrogens is 1. The number of amides is 1. The fourth-order valence-electron chi connectivity index (χ4n) is 2.83. The third kappa shape index (κ3) is 4.32. The Hall–Kier alpha value is -2.40. The van der Waals surface area contributed by atoms with Gasteiger partial charge >= 0.3 is 0 Å². The topological polar surface area (TPSA) is 63.2 Å². The first-order chi connectivity index (χ1) is 11.7.